The van der Waals surface area contributed by atoms with Crippen molar-refractivity contribution in [1.82, 2.24) is 9.47 Å². The first kappa shape index (κ1) is 9.46. The molecule has 15 heavy (non-hydrogen) atoms. The smallest absolute Gasteiger partial charge is 0.0614 e. The highest BCUT2D eigenvalue weighted by Gasteiger charge is 2.50. The summed E-state index contributed by atoms with van der Waals surface area (Å²) in [5, 5.41) is 0. The Labute approximate surface area is 91.9 Å². The molecule has 0 spiro atoms. The van der Waals surface area contributed by atoms with Gasteiger partial charge in [0.25, 0.3) is 0 Å². The third-order valence-electron chi connectivity index (χ3n) is 4.11. The van der Waals surface area contributed by atoms with E-state index < -0.39 is 0 Å². The molecule has 2 aliphatic rings. The molecule has 0 atom stereocenters. The van der Waals surface area contributed by atoms with Gasteiger partial charge < -0.3 is 4.57 Å². The second-order valence-electron chi connectivity index (χ2n) is 5.08. The van der Waals surface area contributed by atoms with Crippen molar-refractivity contribution in [2.45, 2.75) is 37.6 Å². The van der Waals surface area contributed by atoms with E-state index in [1.54, 1.807) is 0 Å². The summed E-state index contributed by atoms with van der Waals surface area (Å²) in [6.07, 6.45) is 9.13. The van der Waals surface area contributed by atoms with Crippen LogP contribution in [0.25, 0.3) is 0 Å². The molecule has 1 aromatic heterocycles. The van der Waals surface area contributed by atoms with Gasteiger partial charge in [-0.2, -0.15) is 0 Å². The Morgan fingerprint density at radius 2 is 1.87 bits per heavy atom. The number of nitrogens with zero attached hydrogens (tertiary/aromatic N) is 2. The second kappa shape index (κ2) is 3.38. The van der Waals surface area contributed by atoms with Crippen molar-refractivity contribution in [3.8, 4) is 0 Å². The predicted octanol–water partition coefficient (Wildman–Crippen LogP) is 2.50. The summed E-state index contributed by atoms with van der Waals surface area (Å²) in [6, 6.07) is 4.49. The first-order valence-corrected chi connectivity index (χ1v) is 6.20. The van der Waals surface area contributed by atoms with Crippen molar-refractivity contribution < 1.29 is 0 Å². The van der Waals surface area contributed by atoms with Crippen LogP contribution in [0.1, 0.15) is 37.8 Å². The summed E-state index contributed by atoms with van der Waals surface area (Å²) in [4.78, 5) is 2.73. The minimum Gasteiger partial charge on any atom is -0.353 e. The summed E-state index contributed by atoms with van der Waals surface area (Å²) >= 11 is 0. The molecular weight excluding hydrogens is 184 g/mol. The van der Waals surface area contributed by atoms with Crippen molar-refractivity contribution in [3.63, 3.8) is 0 Å². The Hall–Kier alpha value is -0.760. The topological polar surface area (TPSA) is 8.17 Å². The van der Waals surface area contributed by atoms with E-state index in [9.17, 15) is 0 Å². The summed E-state index contributed by atoms with van der Waals surface area (Å²) in [5.74, 6) is 0. The Morgan fingerprint density at radius 1 is 1.13 bits per heavy atom. The molecule has 0 N–H and O–H groups in total. The zero-order chi connectivity index (χ0) is 10.3. The molecule has 2 fully saturated rings. The van der Waals surface area contributed by atoms with Gasteiger partial charge in [-0.25, -0.2) is 0 Å². The van der Waals surface area contributed by atoms with Crippen LogP contribution in [-0.4, -0.2) is 22.6 Å². The molecule has 2 heteroatoms. The zero-order valence-electron chi connectivity index (χ0n) is 9.58. The van der Waals surface area contributed by atoms with Crippen LogP contribution in [0.2, 0.25) is 0 Å². The maximum atomic E-state index is 2.73. The molecule has 1 saturated carbocycles. The number of likely N-dealkylation sites (tertiary alicyclic amines) is 1. The molecule has 2 nitrogen and oxygen atoms in total. The molecule has 0 amide bonds. The lowest BCUT2D eigenvalue weighted by atomic mass is 10.0. The highest BCUT2D eigenvalue weighted by atomic mass is 15.3. The van der Waals surface area contributed by atoms with E-state index in [0.29, 0.717) is 5.54 Å². The molecule has 2 heterocycles. The zero-order valence-corrected chi connectivity index (χ0v) is 9.58. The Morgan fingerprint density at radius 3 is 2.40 bits per heavy atom. The third kappa shape index (κ3) is 1.43. The monoisotopic (exact) mass is 204 g/mol. The molecular formula is C13H20N2. The number of piperidine rings is 1. The second-order valence-corrected chi connectivity index (χ2v) is 5.08. The Bertz CT molecular complexity index is 343. The average Bonchev–Trinajstić information content (AvgIpc) is 2.98. The molecule has 1 aromatic rings. The van der Waals surface area contributed by atoms with Crippen LogP contribution in [-0.2, 0) is 12.6 Å². The molecule has 3 rings (SSSR count). The van der Waals surface area contributed by atoms with E-state index in [4.69, 9.17) is 0 Å². The van der Waals surface area contributed by atoms with Gasteiger partial charge in [0.15, 0.2) is 0 Å². The number of hydrogen-bond donors (Lipinski definition) is 0. The predicted molar refractivity (Wildman–Crippen MR) is 61.7 cm³/mol. The lowest BCUT2D eigenvalue weighted by Crippen LogP contribution is -2.40. The number of aryl methyl sites for hydroxylation is 1. The first-order chi connectivity index (χ1) is 7.33. The molecule has 0 unspecified atom stereocenters. The average molecular weight is 204 g/mol. The molecule has 0 aromatic carbocycles. The standard InChI is InChI=1S/C13H20N2/c1-14-9-5-6-12(14)13(7-8-13)15-10-3-2-4-11-15/h5-6,9H,2-4,7-8,10-11H2,1H3. The third-order valence-corrected chi connectivity index (χ3v) is 4.11. The van der Waals surface area contributed by atoms with Gasteiger partial charge in [-0.05, 0) is 50.9 Å². The Balaban J connectivity index is 1.87. The number of rotatable bonds is 2. The van der Waals surface area contributed by atoms with Crippen LogP contribution >= 0.6 is 0 Å². The van der Waals surface area contributed by atoms with E-state index in [2.05, 4.69) is 34.8 Å². The van der Waals surface area contributed by atoms with Crippen LogP contribution in [0.5, 0.6) is 0 Å². The van der Waals surface area contributed by atoms with Crippen LogP contribution in [0.15, 0.2) is 18.3 Å². The number of aromatic nitrogens is 1. The summed E-state index contributed by atoms with van der Waals surface area (Å²) in [5.41, 5.74) is 1.96. The first-order valence-electron chi connectivity index (χ1n) is 6.20. The maximum absolute atomic E-state index is 2.73. The molecule has 0 radical (unpaired) electrons. The van der Waals surface area contributed by atoms with Crippen LogP contribution in [0.4, 0.5) is 0 Å². The van der Waals surface area contributed by atoms with Crippen molar-refractivity contribution in [3.05, 3.63) is 24.0 Å². The van der Waals surface area contributed by atoms with Gasteiger partial charge in [-0.3, -0.25) is 4.90 Å². The van der Waals surface area contributed by atoms with Gasteiger partial charge in [-0.1, -0.05) is 6.42 Å². The minimum atomic E-state index is 0.429. The lowest BCUT2D eigenvalue weighted by molar-refractivity contribution is 0.139. The highest BCUT2D eigenvalue weighted by Crippen LogP contribution is 2.51. The van der Waals surface area contributed by atoms with Crippen LogP contribution < -0.4 is 0 Å². The number of hydrogen-bond acceptors (Lipinski definition) is 1. The van der Waals surface area contributed by atoms with Gasteiger partial charge in [-0.15, -0.1) is 0 Å². The normalized spacial score (nSPS) is 25.4. The largest absolute Gasteiger partial charge is 0.353 e. The summed E-state index contributed by atoms with van der Waals surface area (Å²) in [7, 11) is 2.18. The molecule has 1 aliphatic carbocycles. The SMILES string of the molecule is Cn1cccc1C1(N2CCCCC2)CC1. The minimum absolute atomic E-state index is 0.429. The van der Waals surface area contributed by atoms with E-state index in [-0.39, 0.29) is 0 Å². The molecule has 1 saturated heterocycles. The van der Waals surface area contributed by atoms with E-state index in [1.807, 2.05) is 0 Å². The van der Waals surface area contributed by atoms with E-state index >= 15 is 0 Å². The van der Waals surface area contributed by atoms with Gasteiger partial charge in [0.2, 0.25) is 0 Å². The van der Waals surface area contributed by atoms with Gasteiger partial charge in [0.05, 0.1) is 5.54 Å². The lowest BCUT2D eigenvalue weighted by Gasteiger charge is -2.35. The molecule has 1 aliphatic heterocycles. The fraction of sp³-hybridized carbons (Fsp3) is 0.692. The van der Waals surface area contributed by atoms with Crippen molar-refractivity contribution in [2.75, 3.05) is 13.1 Å². The van der Waals surface area contributed by atoms with Crippen molar-refractivity contribution in [1.29, 1.82) is 0 Å². The van der Waals surface area contributed by atoms with Crippen molar-refractivity contribution >= 4 is 0 Å². The van der Waals surface area contributed by atoms with E-state index in [1.165, 1.54) is 50.9 Å². The summed E-state index contributed by atoms with van der Waals surface area (Å²) in [6.45, 7) is 2.62. The Kier molecular flexibility index (Phi) is 2.13. The fourth-order valence-corrected chi connectivity index (χ4v) is 3.12. The van der Waals surface area contributed by atoms with Gasteiger partial charge in [0, 0.05) is 18.9 Å². The molecule has 0 bridgehead atoms. The maximum Gasteiger partial charge on any atom is 0.0614 e. The van der Waals surface area contributed by atoms with Gasteiger partial charge >= 0.3 is 0 Å². The van der Waals surface area contributed by atoms with Crippen molar-refractivity contribution in [2.24, 2.45) is 7.05 Å². The summed E-state index contributed by atoms with van der Waals surface area (Å²) < 4.78 is 2.31. The van der Waals surface area contributed by atoms with Crippen LogP contribution in [0.3, 0.4) is 0 Å². The molecule has 82 valence electrons. The quantitative estimate of drug-likeness (QED) is 0.718. The fourth-order valence-electron chi connectivity index (χ4n) is 3.12. The highest BCUT2D eigenvalue weighted by molar-refractivity contribution is 5.25. The van der Waals surface area contributed by atoms with E-state index in [0.717, 1.165) is 0 Å². The van der Waals surface area contributed by atoms with Gasteiger partial charge in [0.1, 0.15) is 0 Å². The van der Waals surface area contributed by atoms with Crippen LogP contribution in [0, 0.1) is 0 Å².